The van der Waals surface area contributed by atoms with E-state index < -0.39 is 0 Å². The van der Waals surface area contributed by atoms with Crippen LogP contribution in [0.1, 0.15) is 12.5 Å². The Morgan fingerprint density at radius 1 is 0.885 bits per heavy atom. The molecule has 1 fully saturated rings. The largest absolute Gasteiger partial charge is 0.339 e. The number of piperazine rings is 1. The Labute approximate surface area is 154 Å². The van der Waals surface area contributed by atoms with E-state index in [-0.39, 0.29) is 18.4 Å². The van der Waals surface area contributed by atoms with E-state index in [0.717, 1.165) is 25.3 Å². The van der Waals surface area contributed by atoms with E-state index in [9.17, 15) is 9.59 Å². The summed E-state index contributed by atoms with van der Waals surface area (Å²) in [7, 11) is 0. The molecule has 2 aromatic rings. The third kappa shape index (κ3) is 4.70. The van der Waals surface area contributed by atoms with Crippen LogP contribution in [0, 0.1) is 0 Å². The third-order valence-corrected chi connectivity index (χ3v) is 4.72. The molecule has 0 atom stereocenters. The lowest BCUT2D eigenvalue weighted by Crippen LogP contribution is -2.51. The number of hydrogen-bond donors (Lipinski definition) is 0. The van der Waals surface area contributed by atoms with E-state index in [1.165, 1.54) is 12.5 Å². The van der Waals surface area contributed by atoms with Crippen molar-refractivity contribution >= 4 is 17.5 Å². The molecule has 5 nitrogen and oxygen atoms in total. The number of benzene rings is 2. The second kappa shape index (κ2) is 8.63. The van der Waals surface area contributed by atoms with Gasteiger partial charge in [0, 0.05) is 45.3 Å². The summed E-state index contributed by atoms with van der Waals surface area (Å²) < 4.78 is 0. The van der Waals surface area contributed by atoms with Gasteiger partial charge in [-0.1, -0.05) is 48.5 Å². The van der Waals surface area contributed by atoms with Crippen molar-refractivity contribution in [2.75, 3.05) is 37.6 Å². The molecule has 0 saturated carbocycles. The van der Waals surface area contributed by atoms with E-state index in [2.05, 4.69) is 29.2 Å². The number of carbonyl (C=O) groups is 2. The Hall–Kier alpha value is -2.66. The predicted octanol–water partition coefficient (Wildman–Crippen LogP) is 2.38. The van der Waals surface area contributed by atoms with E-state index >= 15 is 0 Å². The van der Waals surface area contributed by atoms with Crippen LogP contribution in [0.3, 0.4) is 0 Å². The van der Waals surface area contributed by atoms with E-state index in [1.54, 1.807) is 4.90 Å². The normalized spacial score (nSPS) is 14.9. The molecule has 0 N–H and O–H groups in total. The Morgan fingerprint density at radius 2 is 1.46 bits per heavy atom. The summed E-state index contributed by atoms with van der Waals surface area (Å²) in [6, 6.07) is 19.7. The van der Waals surface area contributed by atoms with Gasteiger partial charge in [0.25, 0.3) is 0 Å². The van der Waals surface area contributed by atoms with Crippen LogP contribution in [0.5, 0.6) is 0 Å². The number of rotatable bonds is 5. The standard InChI is InChI=1S/C21H25N3O2/c1-18(25)24(20-10-6-3-7-11-20)17-21(26)23-14-12-22(13-15-23)16-19-8-4-2-5-9-19/h2-11H,12-17H2,1H3. The summed E-state index contributed by atoms with van der Waals surface area (Å²) in [6.07, 6.45) is 0. The lowest BCUT2D eigenvalue weighted by molar-refractivity contribution is -0.132. The Kier molecular flexibility index (Phi) is 6.02. The maximum Gasteiger partial charge on any atom is 0.242 e. The molecule has 1 aliphatic rings. The first-order valence-corrected chi connectivity index (χ1v) is 9.00. The first kappa shape index (κ1) is 18.1. The predicted molar refractivity (Wildman–Crippen MR) is 103 cm³/mol. The molecule has 0 bridgehead atoms. The zero-order valence-electron chi connectivity index (χ0n) is 15.2. The van der Waals surface area contributed by atoms with Gasteiger partial charge in [0.05, 0.1) is 0 Å². The van der Waals surface area contributed by atoms with Gasteiger partial charge < -0.3 is 9.80 Å². The lowest BCUT2D eigenvalue weighted by Gasteiger charge is -2.35. The van der Waals surface area contributed by atoms with Crippen LogP contribution in [-0.2, 0) is 16.1 Å². The van der Waals surface area contributed by atoms with Crippen LogP contribution < -0.4 is 4.90 Å². The molecule has 5 heteroatoms. The van der Waals surface area contributed by atoms with Gasteiger partial charge in [-0.3, -0.25) is 14.5 Å². The van der Waals surface area contributed by atoms with E-state index in [1.807, 2.05) is 41.3 Å². The first-order chi connectivity index (χ1) is 12.6. The fourth-order valence-corrected chi connectivity index (χ4v) is 3.22. The summed E-state index contributed by atoms with van der Waals surface area (Å²) in [5.74, 6) is -0.115. The van der Waals surface area contributed by atoms with Crippen molar-refractivity contribution in [1.82, 2.24) is 9.80 Å². The van der Waals surface area contributed by atoms with E-state index in [0.29, 0.717) is 13.1 Å². The van der Waals surface area contributed by atoms with Crippen molar-refractivity contribution in [2.24, 2.45) is 0 Å². The first-order valence-electron chi connectivity index (χ1n) is 9.00. The zero-order chi connectivity index (χ0) is 18.4. The molecule has 2 amide bonds. The summed E-state index contributed by atoms with van der Waals surface area (Å²) >= 11 is 0. The Balaban J connectivity index is 1.53. The highest BCUT2D eigenvalue weighted by Crippen LogP contribution is 2.14. The second-order valence-electron chi connectivity index (χ2n) is 6.58. The number of amides is 2. The van der Waals surface area contributed by atoms with Crippen molar-refractivity contribution in [2.45, 2.75) is 13.5 Å². The molecule has 1 aliphatic heterocycles. The van der Waals surface area contributed by atoms with Gasteiger partial charge in [-0.15, -0.1) is 0 Å². The molecule has 3 rings (SSSR count). The van der Waals surface area contributed by atoms with Crippen LogP contribution in [0.2, 0.25) is 0 Å². The Morgan fingerprint density at radius 3 is 2.04 bits per heavy atom. The molecular formula is C21H25N3O2. The average Bonchev–Trinajstić information content (AvgIpc) is 2.68. The maximum atomic E-state index is 12.7. The molecule has 0 radical (unpaired) electrons. The van der Waals surface area contributed by atoms with Crippen LogP contribution in [0.15, 0.2) is 60.7 Å². The smallest absolute Gasteiger partial charge is 0.242 e. The topological polar surface area (TPSA) is 43.9 Å². The molecule has 1 heterocycles. The van der Waals surface area contributed by atoms with Crippen molar-refractivity contribution < 1.29 is 9.59 Å². The SMILES string of the molecule is CC(=O)N(CC(=O)N1CCN(Cc2ccccc2)CC1)c1ccccc1. The summed E-state index contributed by atoms with van der Waals surface area (Å²) in [6.45, 7) is 5.61. The van der Waals surface area contributed by atoms with Gasteiger partial charge in [0.15, 0.2) is 0 Å². The van der Waals surface area contributed by atoms with Crippen LogP contribution >= 0.6 is 0 Å². The minimum Gasteiger partial charge on any atom is -0.339 e. The number of carbonyl (C=O) groups excluding carboxylic acids is 2. The van der Waals surface area contributed by atoms with Gasteiger partial charge in [-0.25, -0.2) is 0 Å². The molecule has 0 aromatic heterocycles. The fraction of sp³-hybridized carbons (Fsp3) is 0.333. The summed E-state index contributed by atoms with van der Waals surface area (Å²) in [5, 5.41) is 0. The highest BCUT2D eigenvalue weighted by atomic mass is 16.2. The molecule has 1 saturated heterocycles. The van der Waals surface area contributed by atoms with Gasteiger partial charge >= 0.3 is 0 Å². The summed E-state index contributed by atoms with van der Waals surface area (Å²) in [4.78, 5) is 30.4. The Bertz CT molecular complexity index is 725. The van der Waals surface area contributed by atoms with Crippen LogP contribution in [0.25, 0.3) is 0 Å². The van der Waals surface area contributed by atoms with E-state index in [4.69, 9.17) is 0 Å². The highest BCUT2D eigenvalue weighted by molar-refractivity contribution is 5.97. The molecule has 2 aromatic carbocycles. The van der Waals surface area contributed by atoms with Gasteiger partial charge in [0.2, 0.25) is 11.8 Å². The van der Waals surface area contributed by atoms with Crippen LogP contribution in [0.4, 0.5) is 5.69 Å². The van der Waals surface area contributed by atoms with Crippen molar-refractivity contribution in [3.8, 4) is 0 Å². The van der Waals surface area contributed by atoms with Crippen molar-refractivity contribution in [3.05, 3.63) is 66.2 Å². The number of anilines is 1. The number of para-hydroxylation sites is 1. The highest BCUT2D eigenvalue weighted by Gasteiger charge is 2.24. The molecule has 26 heavy (non-hydrogen) atoms. The zero-order valence-corrected chi connectivity index (χ0v) is 15.2. The fourth-order valence-electron chi connectivity index (χ4n) is 3.22. The van der Waals surface area contributed by atoms with Gasteiger partial charge in [-0.05, 0) is 17.7 Å². The molecule has 0 spiro atoms. The second-order valence-corrected chi connectivity index (χ2v) is 6.58. The molecule has 0 aliphatic carbocycles. The molecular weight excluding hydrogens is 326 g/mol. The third-order valence-electron chi connectivity index (χ3n) is 4.72. The lowest BCUT2D eigenvalue weighted by atomic mass is 10.2. The van der Waals surface area contributed by atoms with Gasteiger partial charge in [-0.2, -0.15) is 0 Å². The van der Waals surface area contributed by atoms with Crippen molar-refractivity contribution in [1.29, 1.82) is 0 Å². The van der Waals surface area contributed by atoms with Crippen molar-refractivity contribution in [3.63, 3.8) is 0 Å². The monoisotopic (exact) mass is 351 g/mol. The van der Waals surface area contributed by atoms with Gasteiger partial charge in [0.1, 0.15) is 6.54 Å². The minimum absolute atomic E-state index is 0.00316. The van der Waals surface area contributed by atoms with Crippen LogP contribution in [-0.4, -0.2) is 54.3 Å². The molecule has 0 unspecified atom stereocenters. The minimum atomic E-state index is -0.118. The molecule has 136 valence electrons. The summed E-state index contributed by atoms with van der Waals surface area (Å²) in [5.41, 5.74) is 2.05. The number of hydrogen-bond acceptors (Lipinski definition) is 3. The maximum absolute atomic E-state index is 12.7. The quantitative estimate of drug-likeness (QED) is 0.831. The number of nitrogens with zero attached hydrogens (tertiary/aromatic N) is 3. The average molecular weight is 351 g/mol.